The second-order valence-electron chi connectivity index (χ2n) is 3.03. The first-order chi connectivity index (χ1) is 7.27. The van der Waals surface area contributed by atoms with Gasteiger partial charge in [-0.2, -0.15) is 0 Å². The molecule has 1 amide bonds. The Kier molecular flexibility index (Phi) is 7.33. The van der Waals surface area contributed by atoms with Crippen LogP contribution in [-0.2, 0) is 6.42 Å². The predicted molar refractivity (Wildman–Crippen MR) is 65.2 cm³/mol. The largest absolute Gasteiger partial charge is 0.355 e. The van der Waals surface area contributed by atoms with Crippen LogP contribution in [0.5, 0.6) is 0 Å². The summed E-state index contributed by atoms with van der Waals surface area (Å²) in [5, 5.41) is 2.61. The van der Waals surface area contributed by atoms with Gasteiger partial charge in [-0.25, -0.2) is 0 Å². The monoisotopic (exact) mass is 207 g/mol. The minimum atomic E-state index is -0.0158. The number of rotatable bonds is 3. The van der Waals surface area contributed by atoms with E-state index in [-0.39, 0.29) is 5.91 Å². The van der Waals surface area contributed by atoms with Crippen LogP contribution in [0.4, 0.5) is 0 Å². The fourth-order valence-corrected chi connectivity index (χ4v) is 1.30. The number of amides is 1. The lowest BCUT2D eigenvalue weighted by atomic mass is 10.1. The Morgan fingerprint density at radius 1 is 1.33 bits per heavy atom. The van der Waals surface area contributed by atoms with Gasteiger partial charge in [0, 0.05) is 12.6 Å². The van der Waals surface area contributed by atoms with E-state index < -0.39 is 0 Å². The highest BCUT2D eigenvalue weighted by Crippen LogP contribution is 2.07. The van der Waals surface area contributed by atoms with Crippen molar-refractivity contribution in [2.45, 2.75) is 33.6 Å². The van der Waals surface area contributed by atoms with E-state index in [0.717, 1.165) is 18.4 Å². The molecule has 0 fully saturated rings. The molecule has 0 spiro atoms. The highest BCUT2D eigenvalue weighted by molar-refractivity contribution is 5.94. The van der Waals surface area contributed by atoms with Crippen molar-refractivity contribution >= 4 is 5.91 Å². The fourth-order valence-electron chi connectivity index (χ4n) is 1.30. The minimum Gasteiger partial charge on any atom is -0.355 e. The molecule has 0 aromatic heterocycles. The van der Waals surface area contributed by atoms with E-state index in [1.807, 2.05) is 32.0 Å². The lowest BCUT2D eigenvalue weighted by Crippen LogP contribution is -2.17. The van der Waals surface area contributed by atoms with E-state index in [2.05, 4.69) is 18.3 Å². The van der Waals surface area contributed by atoms with Crippen LogP contribution >= 0.6 is 0 Å². The summed E-state index contributed by atoms with van der Waals surface area (Å²) in [5.41, 5.74) is 1.97. The van der Waals surface area contributed by atoms with Gasteiger partial charge in [0.2, 0.25) is 0 Å². The summed E-state index contributed by atoms with van der Waals surface area (Å²) in [6.45, 7) is 6.13. The summed E-state index contributed by atoms with van der Waals surface area (Å²) >= 11 is 0. The van der Waals surface area contributed by atoms with Crippen LogP contribution in [0.25, 0.3) is 0 Å². The van der Waals surface area contributed by atoms with Crippen molar-refractivity contribution in [2.24, 2.45) is 0 Å². The van der Waals surface area contributed by atoms with E-state index >= 15 is 0 Å². The molecule has 0 saturated heterocycles. The van der Waals surface area contributed by atoms with Gasteiger partial charge >= 0.3 is 0 Å². The summed E-state index contributed by atoms with van der Waals surface area (Å²) in [7, 11) is 1.65. The zero-order chi connectivity index (χ0) is 11.7. The average molecular weight is 207 g/mol. The molecule has 84 valence electrons. The van der Waals surface area contributed by atoms with E-state index in [4.69, 9.17) is 0 Å². The van der Waals surface area contributed by atoms with Crippen LogP contribution in [0.1, 0.15) is 43.1 Å². The Morgan fingerprint density at radius 3 is 2.53 bits per heavy atom. The van der Waals surface area contributed by atoms with Crippen molar-refractivity contribution in [3.8, 4) is 0 Å². The van der Waals surface area contributed by atoms with E-state index in [1.165, 1.54) is 5.56 Å². The van der Waals surface area contributed by atoms with Gasteiger partial charge in [-0.15, -0.1) is 0 Å². The molecule has 0 aliphatic carbocycles. The molecule has 0 unspecified atom stereocenters. The second-order valence-corrected chi connectivity index (χ2v) is 3.03. The molecule has 0 aliphatic rings. The van der Waals surface area contributed by atoms with Gasteiger partial charge in [0.15, 0.2) is 0 Å². The average Bonchev–Trinajstić information content (AvgIpc) is 2.31. The van der Waals surface area contributed by atoms with Gasteiger partial charge in [0.05, 0.1) is 0 Å². The number of nitrogens with one attached hydrogen (secondary N) is 1. The lowest BCUT2D eigenvalue weighted by Gasteiger charge is -2.02. The molecule has 0 bridgehead atoms. The third-order valence-electron chi connectivity index (χ3n) is 1.95. The fraction of sp³-hybridized carbons (Fsp3) is 0.462. The molecule has 1 aromatic rings. The predicted octanol–water partition coefficient (Wildman–Crippen LogP) is 3.02. The van der Waals surface area contributed by atoms with Crippen molar-refractivity contribution in [1.82, 2.24) is 5.32 Å². The van der Waals surface area contributed by atoms with Gasteiger partial charge < -0.3 is 5.32 Å². The molecule has 0 heterocycles. The van der Waals surface area contributed by atoms with Crippen molar-refractivity contribution in [3.05, 3.63) is 35.4 Å². The quantitative estimate of drug-likeness (QED) is 0.811. The molecule has 0 atom stereocenters. The van der Waals surface area contributed by atoms with Crippen molar-refractivity contribution < 1.29 is 4.79 Å². The Morgan fingerprint density at radius 2 is 2.00 bits per heavy atom. The first-order valence-electron chi connectivity index (χ1n) is 5.59. The smallest absolute Gasteiger partial charge is 0.251 e. The van der Waals surface area contributed by atoms with Crippen LogP contribution < -0.4 is 5.32 Å². The minimum absolute atomic E-state index is 0.0158. The summed E-state index contributed by atoms with van der Waals surface area (Å²) in [5.74, 6) is -0.0158. The molecule has 2 heteroatoms. The number of carbonyl (C=O) groups excluding carboxylic acids is 1. The number of carbonyl (C=O) groups is 1. The zero-order valence-electron chi connectivity index (χ0n) is 10.1. The Labute approximate surface area is 92.7 Å². The lowest BCUT2D eigenvalue weighted by molar-refractivity contribution is 0.0963. The van der Waals surface area contributed by atoms with E-state index in [1.54, 1.807) is 7.05 Å². The molecule has 0 aliphatic heterocycles. The number of benzene rings is 1. The molecule has 15 heavy (non-hydrogen) atoms. The Balaban J connectivity index is 0.000000921. The van der Waals surface area contributed by atoms with Crippen LogP contribution in [0.3, 0.4) is 0 Å². The van der Waals surface area contributed by atoms with Gasteiger partial charge in [-0.3, -0.25) is 4.79 Å². The van der Waals surface area contributed by atoms with Crippen LogP contribution in [0.2, 0.25) is 0 Å². The van der Waals surface area contributed by atoms with E-state index in [9.17, 15) is 4.79 Å². The topological polar surface area (TPSA) is 29.1 Å². The summed E-state index contributed by atoms with van der Waals surface area (Å²) in [4.78, 5) is 11.3. The molecule has 1 aromatic carbocycles. The molecular weight excluding hydrogens is 186 g/mol. The maximum Gasteiger partial charge on any atom is 0.251 e. The molecular formula is C13H21NO. The van der Waals surface area contributed by atoms with Crippen LogP contribution in [0.15, 0.2) is 24.3 Å². The molecule has 2 nitrogen and oxygen atoms in total. The van der Waals surface area contributed by atoms with Crippen LogP contribution in [-0.4, -0.2) is 13.0 Å². The SMILES string of the molecule is CC.CCCc1cccc(C(=O)NC)c1. The zero-order valence-corrected chi connectivity index (χ0v) is 10.1. The maximum atomic E-state index is 11.3. The Bertz CT molecular complexity index is 294. The van der Waals surface area contributed by atoms with Gasteiger partial charge in [0.25, 0.3) is 5.91 Å². The summed E-state index contributed by atoms with van der Waals surface area (Å²) in [6, 6.07) is 7.76. The molecule has 0 saturated carbocycles. The summed E-state index contributed by atoms with van der Waals surface area (Å²) < 4.78 is 0. The second kappa shape index (κ2) is 8.04. The van der Waals surface area contributed by atoms with Gasteiger partial charge in [-0.05, 0) is 24.1 Å². The highest BCUT2D eigenvalue weighted by Gasteiger charge is 2.02. The first kappa shape index (κ1) is 13.7. The van der Waals surface area contributed by atoms with Crippen LogP contribution in [0, 0.1) is 0 Å². The standard InChI is InChI=1S/C11H15NO.C2H6/c1-3-5-9-6-4-7-10(8-9)11(13)12-2;1-2/h4,6-8H,3,5H2,1-2H3,(H,12,13);1-2H3. The summed E-state index contributed by atoms with van der Waals surface area (Å²) in [6.07, 6.45) is 2.14. The van der Waals surface area contributed by atoms with Crippen molar-refractivity contribution in [2.75, 3.05) is 7.05 Å². The third kappa shape index (κ3) is 4.63. The molecule has 1 rings (SSSR count). The number of hydrogen-bond acceptors (Lipinski definition) is 1. The number of aryl methyl sites for hydroxylation is 1. The van der Waals surface area contributed by atoms with Gasteiger partial charge in [0.1, 0.15) is 0 Å². The third-order valence-corrected chi connectivity index (χ3v) is 1.95. The normalized spacial score (nSPS) is 8.80. The Hall–Kier alpha value is -1.31. The number of hydrogen-bond donors (Lipinski definition) is 1. The highest BCUT2D eigenvalue weighted by atomic mass is 16.1. The molecule has 1 N–H and O–H groups in total. The maximum absolute atomic E-state index is 11.3. The molecule has 0 radical (unpaired) electrons. The van der Waals surface area contributed by atoms with Crippen molar-refractivity contribution in [1.29, 1.82) is 0 Å². The van der Waals surface area contributed by atoms with Crippen molar-refractivity contribution in [3.63, 3.8) is 0 Å². The first-order valence-corrected chi connectivity index (χ1v) is 5.59. The van der Waals surface area contributed by atoms with E-state index in [0.29, 0.717) is 0 Å². The van der Waals surface area contributed by atoms with Gasteiger partial charge in [-0.1, -0.05) is 39.3 Å².